The quantitative estimate of drug-likeness (QED) is 0.816. The summed E-state index contributed by atoms with van der Waals surface area (Å²) in [6.07, 6.45) is 1.28. The topological polar surface area (TPSA) is 52.7 Å². The van der Waals surface area contributed by atoms with Gasteiger partial charge in [-0.3, -0.25) is 9.59 Å². The molecule has 156 valence electrons. The number of likely N-dealkylation sites (tertiary alicyclic amines) is 1. The van der Waals surface area contributed by atoms with Gasteiger partial charge in [0.15, 0.2) is 0 Å². The van der Waals surface area contributed by atoms with Gasteiger partial charge in [-0.2, -0.15) is 0 Å². The fraction of sp³-hybridized carbons (Fsp3) is 0.391. The Kier molecular flexibility index (Phi) is 4.49. The highest BCUT2D eigenvalue weighted by molar-refractivity contribution is 5.99. The Bertz CT molecular complexity index is 1030. The van der Waals surface area contributed by atoms with Gasteiger partial charge in [0.25, 0.3) is 17.7 Å². The second kappa shape index (κ2) is 7.07. The van der Waals surface area contributed by atoms with Crippen LogP contribution in [0.5, 0.6) is 0 Å². The van der Waals surface area contributed by atoms with Crippen LogP contribution >= 0.6 is 0 Å². The van der Waals surface area contributed by atoms with Gasteiger partial charge in [-0.25, -0.2) is 8.78 Å². The van der Waals surface area contributed by atoms with Gasteiger partial charge in [-0.05, 0) is 60.4 Å². The van der Waals surface area contributed by atoms with Crippen LogP contribution in [0.25, 0.3) is 0 Å². The number of piperidine rings is 1. The van der Waals surface area contributed by atoms with E-state index in [2.05, 4.69) is 16.3 Å². The molecule has 3 aliphatic rings. The lowest BCUT2D eigenvalue weighted by molar-refractivity contribution is -0.0494. The third-order valence-corrected chi connectivity index (χ3v) is 6.31. The summed E-state index contributed by atoms with van der Waals surface area (Å²) in [6.45, 7) is 1.60. The van der Waals surface area contributed by atoms with E-state index in [-0.39, 0.29) is 37.7 Å². The Morgan fingerprint density at radius 3 is 2.60 bits per heavy atom. The molecule has 5 rings (SSSR count). The lowest BCUT2D eigenvalue weighted by atomic mass is 9.97. The molecule has 0 bridgehead atoms. The molecule has 2 aromatic carbocycles. The predicted molar refractivity (Wildman–Crippen MR) is 109 cm³/mol. The van der Waals surface area contributed by atoms with Gasteiger partial charge in [0.1, 0.15) is 0 Å². The largest absolute Gasteiger partial charge is 0.348 e. The first kappa shape index (κ1) is 19.0. The monoisotopic (exact) mass is 411 g/mol. The Hall–Kier alpha value is -2.96. The van der Waals surface area contributed by atoms with Gasteiger partial charge in [-0.1, -0.05) is 0 Å². The zero-order valence-corrected chi connectivity index (χ0v) is 16.6. The molecule has 7 heteroatoms. The maximum atomic E-state index is 13.4. The summed E-state index contributed by atoms with van der Waals surface area (Å²) in [5.74, 6) is -2.87. The van der Waals surface area contributed by atoms with Crippen molar-refractivity contribution >= 4 is 23.2 Å². The molecule has 0 aliphatic carbocycles. The van der Waals surface area contributed by atoms with Crippen LogP contribution in [0.15, 0.2) is 36.4 Å². The van der Waals surface area contributed by atoms with Gasteiger partial charge >= 0.3 is 0 Å². The van der Waals surface area contributed by atoms with E-state index in [1.54, 1.807) is 6.07 Å². The van der Waals surface area contributed by atoms with Crippen LogP contribution in [0.1, 0.15) is 51.1 Å². The zero-order valence-electron chi connectivity index (χ0n) is 16.6. The molecule has 2 aromatic rings. The summed E-state index contributed by atoms with van der Waals surface area (Å²) in [5, 5.41) is 2.84. The highest BCUT2D eigenvalue weighted by atomic mass is 19.3. The van der Waals surface area contributed by atoms with E-state index in [1.807, 2.05) is 24.3 Å². The summed E-state index contributed by atoms with van der Waals surface area (Å²) < 4.78 is 26.8. The van der Waals surface area contributed by atoms with Gasteiger partial charge in [0.2, 0.25) is 0 Å². The SMILES string of the molecule is O=C1NCc2cc(N3CCCc4cc(C(=O)N5CCC(F)(F)CC5)ccc43)ccc21. The standard InChI is InChI=1S/C23H23F2N3O2/c24-23(25)7-10-27(11-8-23)22(30)16-3-6-20-15(12-16)2-1-9-28(20)18-4-5-19-17(13-18)14-26-21(19)29/h3-6,12-13H,1-2,7-11,14H2,(H,26,29). The molecule has 0 saturated carbocycles. The highest BCUT2D eigenvalue weighted by Gasteiger charge is 2.36. The molecular formula is C23H23F2N3O2. The van der Waals surface area contributed by atoms with E-state index in [9.17, 15) is 18.4 Å². The number of carbonyl (C=O) groups is 2. The number of nitrogens with zero attached hydrogens (tertiary/aromatic N) is 2. The maximum Gasteiger partial charge on any atom is 0.253 e. The second-order valence-corrected chi connectivity index (χ2v) is 8.27. The lowest BCUT2D eigenvalue weighted by Crippen LogP contribution is -2.42. The molecule has 3 aliphatic heterocycles. The van der Waals surface area contributed by atoms with Crippen molar-refractivity contribution in [2.24, 2.45) is 0 Å². The number of amides is 2. The maximum absolute atomic E-state index is 13.4. The summed E-state index contributed by atoms with van der Waals surface area (Å²) >= 11 is 0. The van der Waals surface area contributed by atoms with E-state index in [1.165, 1.54) is 4.90 Å². The minimum Gasteiger partial charge on any atom is -0.348 e. The number of hydrogen-bond donors (Lipinski definition) is 1. The molecule has 5 nitrogen and oxygen atoms in total. The smallest absolute Gasteiger partial charge is 0.253 e. The Labute approximate surface area is 173 Å². The number of anilines is 2. The number of nitrogens with one attached hydrogen (secondary N) is 1. The molecule has 1 N–H and O–H groups in total. The number of halogens is 2. The van der Waals surface area contributed by atoms with Gasteiger partial charge < -0.3 is 15.1 Å². The van der Waals surface area contributed by atoms with Crippen LogP contribution < -0.4 is 10.2 Å². The molecule has 0 aromatic heterocycles. The van der Waals surface area contributed by atoms with Crippen molar-refractivity contribution in [2.75, 3.05) is 24.5 Å². The highest BCUT2D eigenvalue weighted by Crippen LogP contribution is 2.36. The zero-order chi connectivity index (χ0) is 20.9. The minimum atomic E-state index is -2.66. The molecule has 1 saturated heterocycles. The molecular weight excluding hydrogens is 388 g/mol. The Morgan fingerprint density at radius 1 is 1.00 bits per heavy atom. The van der Waals surface area contributed by atoms with Crippen molar-refractivity contribution in [2.45, 2.75) is 38.2 Å². The van der Waals surface area contributed by atoms with Crippen LogP contribution in [0.3, 0.4) is 0 Å². The summed E-state index contributed by atoms with van der Waals surface area (Å²) in [5.41, 5.74) is 5.46. The molecule has 0 unspecified atom stereocenters. The number of aryl methyl sites for hydroxylation is 1. The normalized spacial score (nSPS) is 19.9. The number of alkyl halides is 2. The average Bonchev–Trinajstić information content (AvgIpc) is 3.12. The fourth-order valence-electron chi connectivity index (χ4n) is 4.60. The van der Waals surface area contributed by atoms with Crippen LogP contribution in [-0.4, -0.2) is 42.3 Å². The van der Waals surface area contributed by atoms with Crippen molar-refractivity contribution < 1.29 is 18.4 Å². The third-order valence-electron chi connectivity index (χ3n) is 6.31. The first-order valence-corrected chi connectivity index (χ1v) is 10.4. The van der Waals surface area contributed by atoms with E-state index < -0.39 is 5.92 Å². The van der Waals surface area contributed by atoms with Crippen molar-refractivity contribution in [3.63, 3.8) is 0 Å². The van der Waals surface area contributed by atoms with Crippen LogP contribution in [-0.2, 0) is 13.0 Å². The summed E-state index contributed by atoms with van der Waals surface area (Å²) in [7, 11) is 0. The van der Waals surface area contributed by atoms with Gasteiger partial charge in [-0.15, -0.1) is 0 Å². The molecule has 0 spiro atoms. The van der Waals surface area contributed by atoms with Gasteiger partial charge in [0.05, 0.1) is 0 Å². The minimum absolute atomic E-state index is 0.0331. The first-order chi connectivity index (χ1) is 14.4. The Balaban J connectivity index is 1.40. The first-order valence-electron chi connectivity index (χ1n) is 10.4. The molecule has 1 fully saturated rings. The number of benzene rings is 2. The molecule has 3 heterocycles. The fourth-order valence-corrected chi connectivity index (χ4v) is 4.60. The van der Waals surface area contributed by atoms with Crippen molar-refractivity contribution in [3.05, 3.63) is 58.7 Å². The number of hydrogen-bond acceptors (Lipinski definition) is 3. The van der Waals surface area contributed by atoms with Crippen LogP contribution in [0.4, 0.5) is 20.2 Å². The van der Waals surface area contributed by atoms with Crippen molar-refractivity contribution in [1.82, 2.24) is 10.2 Å². The van der Waals surface area contributed by atoms with E-state index in [4.69, 9.17) is 0 Å². The average molecular weight is 411 g/mol. The lowest BCUT2D eigenvalue weighted by Gasteiger charge is -2.33. The van der Waals surface area contributed by atoms with E-state index in [0.29, 0.717) is 12.1 Å². The molecule has 2 amide bonds. The van der Waals surface area contributed by atoms with Crippen molar-refractivity contribution in [1.29, 1.82) is 0 Å². The third kappa shape index (κ3) is 3.32. The summed E-state index contributed by atoms with van der Waals surface area (Å²) in [6, 6.07) is 11.5. The Morgan fingerprint density at radius 2 is 1.80 bits per heavy atom. The molecule has 0 atom stereocenters. The van der Waals surface area contributed by atoms with Crippen molar-refractivity contribution in [3.8, 4) is 0 Å². The number of rotatable bonds is 2. The number of carbonyl (C=O) groups excluding carboxylic acids is 2. The van der Waals surface area contributed by atoms with Gasteiger partial charge in [0, 0.05) is 61.5 Å². The predicted octanol–water partition coefficient (Wildman–Crippen LogP) is 3.89. The molecule has 0 radical (unpaired) electrons. The van der Waals surface area contributed by atoms with Crippen LogP contribution in [0, 0.1) is 0 Å². The van der Waals surface area contributed by atoms with E-state index in [0.717, 1.165) is 47.5 Å². The number of fused-ring (bicyclic) bond motifs is 2. The molecule has 30 heavy (non-hydrogen) atoms. The summed E-state index contributed by atoms with van der Waals surface area (Å²) in [4.78, 5) is 28.4. The second-order valence-electron chi connectivity index (χ2n) is 8.27. The van der Waals surface area contributed by atoms with E-state index >= 15 is 0 Å². The van der Waals surface area contributed by atoms with Crippen LogP contribution in [0.2, 0.25) is 0 Å².